The number of fused-ring (bicyclic) bond motifs is 2. The molecule has 6 rings (SSSR count). The molecule has 1 N–H and O–H groups in total. The fraction of sp³-hybridized carbons (Fsp3) is 0.172. The monoisotopic (exact) mass is 448 g/mol. The molecule has 0 fully saturated rings. The SMILES string of the molecule is O=c1cc(NC2=CCCC=C2)n(-c2ccccc2)c2cc(CN3Cc4ccccc4C3)ncc12.[HH]. The number of hydrogen-bond donors (Lipinski definition) is 1. The van der Waals surface area contributed by atoms with Crippen molar-refractivity contribution in [3.05, 3.63) is 124 Å². The number of para-hydroxylation sites is 1. The molecule has 0 radical (unpaired) electrons. The molecule has 5 heteroatoms. The average molecular weight is 449 g/mol. The lowest BCUT2D eigenvalue weighted by Crippen LogP contribution is -2.18. The molecule has 0 bridgehead atoms. The zero-order valence-electron chi connectivity index (χ0n) is 18.9. The number of nitrogens with zero attached hydrogens (tertiary/aromatic N) is 3. The van der Waals surface area contributed by atoms with Gasteiger partial charge in [0.05, 0.1) is 16.6 Å². The quantitative estimate of drug-likeness (QED) is 0.420. The van der Waals surface area contributed by atoms with E-state index in [0.29, 0.717) is 5.39 Å². The van der Waals surface area contributed by atoms with Gasteiger partial charge in [0.25, 0.3) is 0 Å². The lowest BCUT2D eigenvalue weighted by atomic mass is 10.1. The first-order valence-electron chi connectivity index (χ1n) is 11.8. The fourth-order valence-electron chi connectivity index (χ4n) is 4.89. The third-order valence-electron chi connectivity index (χ3n) is 6.53. The van der Waals surface area contributed by atoms with Gasteiger partial charge < -0.3 is 5.32 Å². The largest absolute Gasteiger partial charge is 0.342 e. The van der Waals surface area contributed by atoms with Crippen LogP contribution in [0.1, 0.15) is 31.1 Å². The van der Waals surface area contributed by atoms with Crippen LogP contribution in [-0.4, -0.2) is 14.5 Å². The van der Waals surface area contributed by atoms with E-state index in [9.17, 15) is 4.79 Å². The summed E-state index contributed by atoms with van der Waals surface area (Å²) in [6.45, 7) is 2.58. The van der Waals surface area contributed by atoms with E-state index in [0.717, 1.165) is 60.9 Å². The standard InChI is InChI=1S/C29H26N4O.H2/c34-28-16-29(31-23-11-3-1-4-12-23)33(25-13-5-2-6-14-25)27-15-24(30-17-26(27)28)20-32-18-21-9-7-8-10-22(21)19-32;/h2-3,5-17,31H,1,4,18-20H2;1H. The molecule has 0 atom stereocenters. The zero-order chi connectivity index (χ0) is 22.9. The van der Waals surface area contributed by atoms with E-state index < -0.39 is 0 Å². The first-order valence-corrected chi connectivity index (χ1v) is 11.8. The zero-order valence-corrected chi connectivity index (χ0v) is 18.9. The van der Waals surface area contributed by atoms with E-state index in [1.54, 1.807) is 12.3 Å². The van der Waals surface area contributed by atoms with Crippen molar-refractivity contribution in [3.8, 4) is 5.69 Å². The summed E-state index contributed by atoms with van der Waals surface area (Å²) in [5, 5.41) is 4.11. The lowest BCUT2D eigenvalue weighted by Gasteiger charge is -2.20. The average Bonchev–Trinajstić information content (AvgIpc) is 3.27. The molecule has 0 amide bonds. The minimum absolute atomic E-state index is 0. The first-order chi connectivity index (χ1) is 16.7. The highest BCUT2D eigenvalue weighted by molar-refractivity contribution is 5.83. The molecule has 0 unspecified atom stereocenters. The van der Waals surface area contributed by atoms with Crippen molar-refractivity contribution in [3.63, 3.8) is 0 Å². The van der Waals surface area contributed by atoms with Crippen LogP contribution < -0.4 is 10.7 Å². The number of nitrogens with one attached hydrogen (secondary N) is 1. The highest BCUT2D eigenvalue weighted by Crippen LogP contribution is 2.27. The van der Waals surface area contributed by atoms with Gasteiger partial charge in [-0.2, -0.15) is 0 Å². The van der Waals surface area contributed by atoms with Crippen molar-refractivity contribution >= 4 is 16.7 Å². The minimum Gasteiger partial charge on any atom is -0.342 e. The first kappa shape index (κ1) is 20.6. The van der Waals surface area contributed by atoms with E-state index in [-0.39, 0.29) is 6.86 Å². The molecule has 2 aromatic carbocycles. The third kappa shape index (κ3) is 3.95. The Morgan fingerprint density at radius 2 is 1.71 bits per heavy atom. The van der Waals surface area contributed by atoms with Gasteiger partial charge in [-0.3, -0.25) is 19.2 Å². The molecule has 4 aromatic rings. The van der Waals surface area contributed by atoms with E-state index in [1.807, 2.05) is 18.2 Å². The van der Waals surface area contributed by atoms with Crippen molar-refractivity contribution in [1.82, 2.24) is 14.5 Å². The molecule has 5 nitrogen and oxygen atoms in total. The van der Waals surface area contributed by atoms with Gasteiger partial charge in [-0.1, -0.05) is 54.6 Å². The maximum Gasteiger partial charge on any atom is 0.193 e. The van der Waals surface area contributed by atoms with Gasteiger partial charge in [-0.15, -0.1) is 0 Å². The van der Waals surface area contributed by atoms with E-state index in [1.165, 1.54) is 11.1 Å². The maximum atomic E-state index is 13.1. The Balaban J connectivity index is 0.00000253. The molecule has 0 spiro atoms. The van der Waals surface area contributed by atoms with Gasteiger partial charge >= 0.3 is 0 Å². The molecular formula is C29H28N4O. The smallest absolute Gasteiger partial charge is 0.193 e. The van der Waals surface area contributed by atoms with E-state index >= 15 is 0 Å². The summed E-state index contributed by atoms with van der Waals surface area (Å²) >= 11 is 0. The molecule has 3 heterocycles. The molecule has 0 saturated heterocycles. The Morgan fingerprint density at radius 3 is 2.44 bits per heavy atom. The second-order valence-electron chi connectivity index (χ2n) is 8.94. The number of benzene rings is 2. The van der Waals surface area contributed by atoms with E-state index in [4.69, 9.17) is 0 Å². The van der Waals surface area contributed by atoms with Crippen molar-refractivity contribution < 1.29 is 1.43 Å². The summed E-state index contributed by atoms with van der Waals surface area (Å²) in [5.74, 6) is 0.757. The number of rotatable bonds is 5. The maximum absolute atomic E-state index is 13.1. The Bertz CT molecular complexity index is 1470. The predicted octanol–water partition coefficient (Wildman–Crippen LogP) is 5.79. The molecule has 0 saturated carbocycles. The Labute approximate surface area is 200 Å². The van der Waals surface area contributed by atoms with E-state index in [2.05, 4.69) is 80.5 Å². The van der Waals surface area contributed by atoms with Gasteiger partial charge in [-0.05, 0) is 48.2 Å². The summed E-state index contributed by atoms with van der Waals surface area (Å²) in [4.78, 5) is 20.2. The molecule has 2 aliphatic rings. The van der Waals surface area contributed by atoms with Gasteiger partial charge in [-0.25, -0.2) is 0 Å². The Kier molecular flexibility index (Phi) is 5.32. The van der Waals surface area contributed by atoms with Crippen LogP contribution in [0.5, 0.6) is 0 Å². The van der Waals surface area contributed by atoms with Crippen molar-refractivity contribution in [1.29, 1.82) is 0 Å². The number of allylic oxidation sites excluding steroid dienone is 3. The van der Waals surface area contributed by atoms with Crippen LogP contribution in [0.4, 0.5) is 5.82 Å². The van der Waals surface area contributed by atoms with Crippen LogP contribution in [0.25, 0.3) is 16.6 Å². The van der Waals surface area contributed by atoms with Crippen LogP contribution in [-0.2, 0) is 19.6 Å². The Morgan fingerprint density at radius 1 is 0.941 bits per heavy atom. The predicted molar refractivity (Wildman–Crippen MR) is 139 cm³/mol. The summed E-state index contributed by atoms with van der Waals surface area (Å²) < 4.78 is 2.13. The Hall–Kier alpha value is -3.96. The van der Waals surface area contributed by atoms with Gasteiger partial charge in [0.15, 0.2) is 5.43 Å². The summed E-state index contributed by atoms with van der Waals surface area (Å²) in [6.07, 6.45) is 10.2. The number of aromatic nitrogens is 2. The highest BCUT2D eigenvalue weighted by Gasteiger charge is 2.20. The molecule has 1 aliphatic carbocycles. The normalized spacial score (nSPS) is 15.4. The molecule has 1 aliphatic heterocycles. The summed E-state index contributed by atoms with van der Waals surface area (Å²) in [6, 6.07) is 22.5. The second-order valence-corrected chi connectivity index (χ2v) is 8.94. The molecular weight excluding hydrogens is 420 g/mol. The molecule has 34 heavy (non-hydrogen) atoms. The number of hydrogen-bond acceptors (Lipinski definition) is 4. The van der Waals surface area contributed by atoms with Crippen LogP contribution >= 0.6 is 0 Å². The molecule has 2 aromatic heterocycles. The fourth-order valence-corrected chi connectivity index (χ4v) is 4.89. The van der Waals surface area contributed by atoms with Crippen molar-refractivity contribution in [2.24, 2.45) is 0 Å². The third-order valence-corrected chi connectivity index (χ3v) is 6.53. The van der Waals surface area contributed by atoms with Crippen LogP contribution in [0.2, 0.25) is 0 Å². The van der Waals surface area contributed by atoms with Gasteiger partial charge in [0, 0.05) is 44.7 Å². The van der Waals surface area contributed by atoms with Gasteiger partial charge in [0.1, 0.15) is 5.82 Å². The minimum atomic E-state index is -0.0299. The van der Waals surface area contributed by atoms with Crippen molar-refractivity contribution in [2.45, 2.75) is 32.5 Å². The summed E-state index contributed by atoms with van der Waals surface area (Å²) in [7, 11) is 0. The molecule has 170 valence electrons. The number of anilines is 1. The highest BCUT2D eigenvalue weighted by atomic mass is 16.1. The number of pyridine rings is 2. The van der Waals surface area contributed by atoms with Crippen LogP contribution in [0, 0.1) is 0 Å². The van der Waals surface area contributed by atoms with Gasteiger partial charge in [0.2, 0.25) is 0 Å². The summed E-state index contributed by atoms with van der Waals surface area (Å²) in [5.41, 5.74) is 6.56. The van der Waals surface area contributed by atoms with Crippen LogP contribution in [0.15, 0.2) is 102 Å². The van der Waals surface area contributed by atoms with Crippen LogP contribution in [0.3, 0.4) is 0 Å². The van der Waals surface area contributed by atoms with Crippen molar-refractivity contribution in [2.75, 3.05) is 5.32 Å². The topological polar surface area (TPSA) is 50.2 Å². The lowest BCUT2D eigenvalue weighted by molar-refractivity contribution is 0.272. The second kappa shape index (κ2) is 8.76.